The molecule has 1 aliphatic heterocycles. The van der Waals surface area contributed by atoms with Gasteiger partial charge in [0.25, 0.3) is 0 Å². The minimum atomic E-state index is -0.442. The van der Waals surface area contributed by atoms with E-state index in [2.05, 4.69) is 0 Å². The van der Waals surface area contributed by atoms with Crippen LogP contribution in [0, 0.1) is 11.3 Å². The Balaban J connectivity index is 1.99. The van der Waals surface area contributed by atoms with Gasteiger partial charge in [-0.1, -0.05) is 37.6 Å². The third kappa shape index (κ3) is 4.23. The summed E-state index contributed by atoms with van der Waals surface area (Å²) in [6.07, 6.45) is 2.17. The zero-order valence-electron chi connectivity index (χ0n) is 13.7. The normalized spacial score (nSPS) is 18.3. The van der Waals surface area contributed by atoms with Crippen molar-refractivity contribution in [2.24, 2.45) is 11.3 Å². The number of amides is 1. The highest BCUT2D eigenvalue weighted by Gasteiger charge is 2.34. The topological polar surface area (TPSA) is 40.5 Å². The van der Waals surface area contributed by atoms with Crippen LogP contribution in [0.5, 0.6) is 0 Å². The summed E-state index contributed by atoms with van der Waals surface area (Å²) in [7, 11) is 0. The molecule has 122 valence electrons. The van der Waals surface area contributed by atoms with Crippen LogP contribution in [0.2, 0.25) is 5.02 Å². The van der Waals surface area contributed by atoms with Crippen LogP contribution in [0.1, 0.15) is 39.2 Å². The Hall–Kier alpha value is -1.06. The molecular weight excluding hydrogens is 298 g/mol. The molecule has 1 fully saturated rings. The number of hydrogen-bond acceptors (Lipinski definition) is 2. The van der Waals surface area contributed by atoms with E-state index < -0.39 is 5.41 Å². The summed E-state index contributed by atoms with van der Waals surface area (Å²) < 4.78 is 0. The lowest BCUT2D eigenvalue weighted by molar-refractivity contribution is -0.142. The lowest BCUT2D eigenvalue weighted by Gasteiger charge is -2.37. The average molecular weight is 324 g/mol. The van der Waals surface area contributed by atoms with Crippen molar-refractivity contribution >= 4 is 17.5 Å². The highest BCUT2D eigenvalue weighted by Crippen LogP contribution is 2.29. The number of nitrogens with zero attached hydrogens (tertiary/aromatic N) is 1. The highest BCUT2D eigenvalue weighted by atomic mass is 35.5. The molecule has 0 aliphatic carbocycles. The maximum Gasteiger partial charge on any atom is 0.228 e. The largest absolute Gasteiger partial charge is 0.393 e. The second-order valence-electron chi connectivity index (χ2n) is 7.06. The Kier molecular flexibility index (Phi) is 5.51. The maximum atomic E-state index is 12.8. The first-order valence-corrected chi connectivity index (χ1v) is 8.39. The fourth-order valence-electron chi connectivity index (χ4n) is 3.25. The summed E-state index contributed by atoms with van der Waals surface area (Å²) in [5, 5.41) is 10.4. The number of hydrogen-bond donors (Lipinski definition) is 1. The molecule has 1 atom stereocenters. The monoisotopic (exact) mass is 323 g/mol. The fraction of sp³-hybridized carbons (Fsp3) is 0.611. The summed E-state index contributed by atoms with van der Waals surface area (Å²) in [4.78, 5) is 14.8. The van der Waals surface area contributed by atoms with E-state index in [4.69, 9.17) is 11.6 Å². The molecule has 2 rings (SSSR count). The molecule has 3 nitrogen and oxygen atoms in total. The van der Waals surface area contributed by atoms with Crippen LogP contribution >= 0.6 is 11.6 Å². The van der Waals surface area contributed by atoms with Gasteiger partial charge >= 0.3 is 0 Å². The average Bonchev–Trinajstić information content (AvgIpc) is 2.46. The summed E-state index contributed by atoms with van der Waals surface area (Å²) in [6.45, 7) is 7.32. The van der Waals surface area contributed by atoms with Gasteiger partial charge in [0.05, 0.1) is 6.10 Å². The molecule has 0 saturated carbocycles. The minimum Gasteiger partial charge on any atom is -0.393 e. The molecule has 0 aromatic heterocycles. The number of rotatable bonds is 4. The van der Waals surface area contributed by atoms with Gasteiger partial charge in [-0.25, -0.2) is 0 Å². The van der Waals surface area contributed by atoms with Crippen LogP contribution in [-0.2, 0) is 11.2 Å². The Labute approximate surface area is 138 Å². The standard InChI is InChI=1S/C18H26ClNO2/c1-13(21)15-7-9-20(10-8-15)17(22)18(2,3)12-14-5-4-6-16(19)11-14/h4-6,11,13,15,21H,7-10,12H2,1-3H3. The summed E-state index contributed by atoms with van der Waals surface area (Å²) >= 11 is 6.03. The van der Waals surface area contributed by atoms with E-state index in [0.29, 0.717) is 17.4 Å². The quantitative estimate of drug-likeness (QED) is 0.921. The van der Waals surface area contributed by atoms with Crippen molar-refractivity contribution in [1.82, 2.24) is 4.90 Å². The summed E-state index contributed by atoms with van der Waals surface area (Å²) in [5.41, 5.74) is 0.646. The van der Waals surface area contributed by atoms with Gasteiger partial charge in [0.1, 0.15) is 0 Å². The Morgan fingerprint density at radius 1 is 1.41 bits per heavy atom. The zero-order chi connectivity index (χ0) is 16.3. The number of piperidine rings is 1. The van der Waals surface area contributed by atoms with E-state index >= 15 is 0 Å². The van der Waals surface area contributed by atoms with E-state index in [1.807, 2.05) is 49.9 Å². The van der Waals surface area contributed by atoms with E-state index in [-0.39, 0.29) is 12.0 Å². The smallest absolute Gasteiger partial charge is 0.228 e. The second kappa shape index (κ2) is 7.01. The van der Waals surface area contributed by atoms with E-state index in [0.717, 1.165) is 31.5 Å². The fourth-order valence-corrected chi connectivity index (χ4v) is 3.46. The van der Waals surface area contributed by atoms with Crippen molar-refractivity contribution in [3.8, 4) is 0 Å². The predicted octanol–water partition coefficient (Wildman–Crippen LogP) is 3.53. The van der Waals surface area contributed by atoms with Gasteiger partial charge in [-0.2, -0.15) is 0 Å². The van der Waals surface area contributed by atoms with Gasteiger partial charge in [-0.3, -0.25) is 4.79 Å². The lowest BCUT2D eigenvalue weighted by Crippen LogP contribution is -2.47. The Bertz CT molecular complexity index is 520. The molecule has 0 bridgehead atoms. The van der Waals surface area contributed by atoms with E-state index in [1.54, 1.807) is 0 Å². The number of benzene rings is 1. The number of aliphatic hydroxyl groups is 1. The molecule has 1 heterocycles. The second-order valence-corrected chi connectivity index (χ2v) is 7.50. The Morgan fingerprint density at radius 2 is 2.05 bits per heavy atom. The molecule has 0 spiro atoms. The van der Waals surface area contributed by atoms with Crippen LogP contribution in [0.25, 0.3) is 0 Å². The highest BCUT2D eigenvalue weighted by molar-refractivity contribution is 6.30. The zero-order valence-corrected chi connectivity index (χ0v) is 14.4. The van der Waals surface area contributed by atoms with Gasteiger partial charge in [0, 0.05) is 23.5 Å². The molecule has 4 heteroatoms. The molecule has 1 N–H and O–H groups in total. The van der Waals surface area contributed by atoms with Gasteiger partial charge in [0.2, 0.25) is 5.91 Å². The van der Waals surface area contributed by atoms with Crippen LogP contribution in [0.3, 0.4) is 0 Å². The molecule has 1 aromatic carbocycles. The van der Waals surface area contributed by atoms with Crippen molar-refractivity contribution in [3.63, 3.8) is 0 Å². The van der Waals surface area contributed by atoms with Crippen LogP contribution in [0.4, 0.5) is 0 Å². The van der Waals surface area contributed by atoms with Crippen molar-refractivity contribution in [3.05, 3.63) is 34.9 Å². The third-order valence-electron chi connectivity index (χ3n) is 4.62. The van der Waals surface area contributed by atoms with Crippen LogP contribution < -0.4 is 0 Å². The van der Waals surface area contributed by atoms with Gasteiger partial charge in [0.15, 0.2) is 0 Å². The van der Waals surface area contributed by atoms with E-state index in [1.165, 1.54) is 0 Å². The molecule has 22 heavy (non-hydrogen) atoms. The van der Waals surface area contributed by atoms with Crippen molar-refractivity contribution in [2.45, 2.75) is 46.1 Å². The number of likely N-dealkylation sites (tertiary alicyclic amines) is 1. The number of aliphatic hydroxyl groups excluding tert-OH is 1. The minimum absolute atomic E-state index is 0.191. The first-order valence-electron chi connectivity index (χ1n) is 8.01. The lowest BCUT2D eigenvalue weighted by atomic mass is 9.83. The number of carbonyl (C=O) groups excluding carboxylic acids is 1. The van der Waals surface area contributed by atoms with Crippen molar-refractivity contribution < 1.29 is 9.90 Å². The van der Waals surface area contributed by atoms with Crippen LogP contribution in [-0.4, -0.2) is 35.1 Å². The van der Waals surface area contributed by atoms with Crippen molar-refractivity contribution in [2.75, 3.05) is 13.1 Å². The van der Waals surface area contributed by atoms with Gasteiger partial charge in [-0.05, 0) is 49.8 Å². The van der Waals surface area contributed by atoms with Crippen molar-refractivity contribution in [1.29, 1.82) is 0 Å². The molecule has 1 saturated heterocycles. The predicted molar refractivity (Wildman–Crippen MR) is 89.9 cm³/mol. The molecule has 1 aromatic rings. The first-order chi connectivity index (χ1) is 10.3. The molecule has 1 amide bonds. The first kappa shape index (κ1) is 17.3. The van der Waals surface area contributed by atoms with Gasteiger partial charge in [-0.15, -0.1) is 0 Å². The Morgan fingerprint density at radius 3 is 2.59 bits per heavy atom. The van der Waals surface area contributed by atoms with Crippen LogP contribution in [0.15, 0.2) is 24.3 Å². The summed E-state index contributed by atoms with van der Waals surface area (Å²) in [5.74, 6) is 0.511. The number of halogens is 1. The number of carbonyl (C=O) groups is 1. The maximum absolute atomic E-state index is 12.8. The van der Waals surface area contributed by atoms with E-state index in [9.17, 15) is 9.90 Å². The van der Waals surface area contributed by atoms with Gasteiger partial charge < -0.3 is 10.0 Å². The SMILES string of the molecule is CC(O)C1CCN(C(=O)C(C)(C)Cc2cccc(Cl)c2)CC1. The molecule has 0 radical (unpaired) electrons. The molecular formula is C18H26ClNO2. The molecule has 1 unspecified atom stereocenters. The third-order valence-corrected chi connectivity index (χ3v) is 4.86. The molecule has 1 aliphatic rings. The summed E-state index contributed by atoms with van der Waals surface area (Å²) in [6, 6.07) is 7.71.